The molecular formula is C15H15Cl2N. The molecule has 1 N–H and O–H groups in total. The lowest BCUT2D eigenvalue weighted by molar-refractivity contribution is 0.575. The Morgan fingerprint density at radius 3 is 2.33 bits per heavy atom. The Bertz CT molecular complexity index is 525. The van der Waals surface area contributed by atoms with E-state index in [0.29, 0.717) is 0 Å². The molecular weight excluding hydrogens is 265 g/mol. The SMILES string of the molecule is C[C@H](NCc1cccc(Cl)c1)c1cccc(Cl)c1. The first-order valence-corrected chi connectivity index (χ1v) is 6.64. The van der Waals surface area contributed by atoms with E-state index in [2.05, 4.69) is 24.4 Å². The topological polar surface area (TPSA) is 12.0 Å². The molecule has 18 heavy (non-hydrogen) atoms. The number of hydrogen-bond acceptors (Lipinski definition) is 1. The zero-order valence-corrected chi connectivity index (χ0v) is 11.7. The fraction of sp³-hybridized carbons (Fsp3) is 0.200. The molecule has 2 rings (SSSR count). The minimum absolute atomic E-state index is 0.252. The Morgan fingerprint density at radius 1 is 1.00 bits per heavy atom. The van der Waals surface area contributed by atoms with E-state index in [1.807, 2.05) is 36.4 Å². The van der Waals surface area contributed by atoms with Gasteiger partial charge in [-0.2, -0.15) is 0 Å². The fourth-order valence-electron chi connectivity index (χ4n) is 1.81. The predicted molar refractivity (Wildman–Crippen MR) is 78.2 cm³/mol. The van der Waals surface area contributed by atoms with Crippen molar-refractivity contribution in [2.45, 2.75) is 19.5 Å². The van der Waals surface area contributed by atoms with Crippen LogP contribution in [0.4, 0.5) is 0 Å². The lowest BCUT2D eigenvalue weighted by Gasteiger charge is -2.14. The average Bonchev–Trinajstić information content (AvgIpc) is 2.36. The largest absolute Gasteiger partial charge is 0.306 e. The maximum absolute atomic E-state index is 5.98. The van der Waals surface area contributed by atoms with Gasteiger partial charge in [0.1, 0.15) is 0 Å². The van der Waals surface area contributed by atoms with E-state index in [9.17, 15) is 0 Å². The lowest BCUT2D eigenvalue weighted by Crippen LogP contribution is -2.17. The van der Waals surface area contributed by atoms with E-state index in [1.54, 1.807) is 0 Å². The van der Waals surface area contributed by atoms with Gasteiger partial charge in [-0.05, 0) is 42.3 Å². The van der Waals surface area contributed by atoms with Crippen LogP contribution in [0.25, 0.3) is 0 Å². The Kier molecular flexibility index (Phi) is 4.65. The molecule has 0 radical (unpaired) electrons. The molecule has 0 saturated heterocycles. The third kappa shape index (κ3) is 3.74. The molecule has 0 aliphatic heterocycles. The van der Waals surface area contributed by atoms with Crippen molar-refractivity contribution in [2.75, 3.05) is 0 Å². The van der Waals surface area contributed by atoms with Gasteiger partial charge in [0.05, 0.1) is 0 Å². The molecule has 1 atom stereocenters. The van der Waals surface area contributed by atoms with Crippen LogP contribution in [0.15, 0.2) is 48.5 Å². The molecule has 3 heteroatoms. The summed E-state index contributed by atoms with van der Waals surface area (Å²) in [6, 6.07) is 16.0. The molecule has 2 aromatic rings. The monoisotopic (exact) mass is 279 g/mol. The van der Waals surface area contributed by atoms with Gasteiger partial charge in [-0.25, -0.2) is 0 Å². The standard InChI is InChI=1S/C15H15Cl2N/c1-11(13-5-3-7-15(17)9-13)18-10-12-4-2-6-14(16)8-12/h2-9,11,18H,10H2,1H3/t11-/m0/s1. The fourth-order valence-corrected chi connectivity index (χ4v) is 2.22. The molecule has 0 heterocycles. The van der Waals surface area contributed by atoms with Gasteiger partial charge in [0.2, 0.25) is 0 Å². The van der Waals surface area contributed by atoms with Gasteiger partial charge < -0.3 is 5.32 Å². The van der Waals surface area contributed by atoms with Crippen LogP contribution in [0.1, 0.15) is 24.1 Å². The third-order valence-corrected chi connectivity index (χ3v) is 3.32. The van der Waals surface area contributed by atoms with Crippen molar-refractivity contribution < 1.29 is 0 Å². The summed E-state index contributed by atoms with van der Waals surface area (Å²) in [6.07, 6.45) is 0. The van der Waals surface area contributed by atoms with Crippen LogP contribution < -0.4 is 5.32 Å². The first kappa shape index (κ1) is 13.4. The van der Waals surface area contributed by atoms with Crippen molar-refractivity contribution in [1.29, 1.82) is 0 Å². The molecule has 0 fully saturated rings. The van der Waals surface area contributed by atoms with E-state index >= 15 is 0 Å². The van der Waals surface area contributed by atoms with Gasteiger partial charge in [0, 0.05) is 22.6 Å². The Morgan fingerprint density at radius 2 is 1.67 bits per heavy atom. The Hall–Kier alpha value is -1.02. The van der Waals surface area contributed by atoms with Gasteiger partial charge in [-0.3, -0.25) is 0 Å². The van der Waals surface area contributed by atoms with Crippen LogP contribution in [0.2, 0.25) is 10.0 Å². The van der Waals surface area contributed by atoms with E-state index < -0.39 is 0 Å². The summed E-state index contributed by atoms with van der Waals surface area (Å²) in [7, 11) is 0. The number of nitrogens with one attached hydrogen (secondary N) is 1. The lowest BCUT2D eigenvalue weighted by atomic mass is 10.1. The summed E-state index contributed by atoms with van der Waals surface area (Å²) >= 11 is 11.9. The summed E-state index contributed by atoms with van der Waals surface area (Å²) in [4.78, 5) is 0. The van der Waals surface area contributed by atoms with Gasteiger partial charge in [-0.15, -0.1) is 0 Å². The van der Waals surface area contributed by atoms with Crippen LogP contribution in [0.3, 0.4) is 0 Å². The Labute approximate surface area is 118 Å². The highest BCUT2D eigenvalue weighted by atomic mass is 35.5. The van der Waals surface area contributed by atoms with Crippen molar-refractivity contribution in [3.63, 3.8) is 0 Å². The molecule has 0 saturated carbocycles. The summed E-state index contributed by atoms with van der Waals surface area (Å²) < 4.78 is 0. The first-order chi connectivity index (χ1) is 8.65. The molecule has 0 aliphatic rings. The third-order valence-electron chi connectivity index (χ3n) is 2.85. The van der Waals surface area contributed by atoms with Crippen LogP contribution in [0.5, 0.6) is 0 Å². The quantitative estimate of drug-likeness (QED) is 0.844. The molecule has 2 aromatic carbocycles. The van der Waals surface area contributed by atoms with Crippen molar-refractivity contribution in [3.8, 4) is 0 Å². The minimum atomic E-state index is 0.252. The number of benzene rings is 2. The highest BCUT2D eigenvalue weighted by molar-refractivity contribution is 6.30. The van der Waals surface area contributed by atoms with Crippen LogP contribution in [0, 0.1) is 0 Å². The van der Waals surface area contributed by atoms with E-state index in [4.69, 9.17) is 23.2 Å². The summed E-state index contributed by atoms with van der Waals surface area (Å²) in [5.74, 6) is 0. The van der Waals surface area contributed by atoms with E-state index in [-0.39, 0.29) is 6.04 Å². The summed E-state index contributed by atoms with van der Waals surface area (Å²) in [5.41, 5.74) is 2.36. The zero-order chi connectivity index (χ0) is 13.0. The average molecular weight is 280 g/mol. The highest BCUT2D eigenvalue weighted by Gasteiger charge is 2.05. The number of hydrogen-bond donors (Lipinski definition) is 1. The van der Waals surface area contributed by atoms with E-state index in [0.717, 1.165) is 16.6 Å². The van der Waals surface area contributed by atoms with E-state index in [1.165, 1.54) is 11.1 Å². The summed E-state index contributed by atoms with van der Waals surface area (Å²) in [5, 5.41) is 4.99. The van der Waals surface area contributed by atoms with Crippen molar-refractivity contribution >= 4 is 23.2 Å². The molecule has 94 valence electrons. The number of rotatable bonds is 4. The molecule has 0 spiro atoms. The second-order valence-electron chi connectivity index (χ2n) is 4.29. The minimum Gasteiger partial charge on any atom is -0.306 e. The number of halogens is 2. The van der Waals surface area contributed by atoms with Crippen molar-refractivity contribution in [2.24, 2.45) is 0 Å². The predicted octanol–water partition coefficient (Wildman–Crippen LogP) is 4.84. The van der Waals surface area contributed by atoms with Crippen molar-refractivity contribution in [1.82, 2.24) is 5.32 Å². The molecule has 0 bridgehead atoms. The molecule has 0 aliphatic carbocycles. The smallest absolute Gasteiger partial charge is 0.0409 e. The highest BCUT2D eigenvalue weighted by Crippen LogP contribution is 2.18. The van der Waals surface area contributed by atoms with Gasteiger partial charge in [-0.1, -0.05) is 47.5 Å². The first-order valence-electron chi connectivity index (χ1n) is 5.88. The molecule has 1 nitrogen and oxygen atoms in total. The molecule has 0 amide bonds. The van der Waals surface area contributed by atoms with Gasteiger partial charge in [0.25, 0.3) is 0 Å². The van der Waals surface area contributed by atoms with Gasteiger partial charge in [0.15, 0.2) is 0 Å². The maximum Gasteiger partial charge on any atom is 0.0409 e. The zero-order valence-electron chi connectivity index (χ0n) is 10.2. The normalized spacial score (nSPS) is 12.4. The second kappa shape index (κ2) is 6.24. The Balaban J connectivity index is 1.98. The van der Waals surface area contributed by atoms with Crippen LogP contribution in [-0.4, -0.2) is 0 Å². The molecule has 0 unspecified atom stereocenters. The van der Waals surface area contributed by atoms with Crippen molar-refractivity contribution in [3.05, 3.63) is 69.7 Å². The molecule has 0 aromatic heterocycles. The van der Waals surface area contributed by atoms with Crippen LogP contribution in [-0.2, 0) is 6.54 Å². The van der Waals surface area contributed by atoms with Gasteiger partial charge >= 0.3 is 0 Å². The summed E-state index contributed by atoms with van der Waals surface area (Å²) in [6.45, 7) is 2.91. The maximum atomic E-state index is 5.98. The van der Waals surface area contributed by atoms with Crippen LogP contribution >= 0.6 is 23.2 Å². The second-order valence-corrected chi connectivity index (χ2v) is 5.16.